The summed E-state index contributed by atoms with van der Waals surface area (Å²) < 4.78 is 0. The third-order valence-electron chi connectivity index (χ3n) is 5.63. The van der Waals surface area contributed by atoms with Crippen LogP contribution in [0, 0.1) is 0 Å². The zero-order valence-electron chi connectivity index (χ0n) is 12.7. The first-order valence-electron chi connectivity index (χ1n) is 8.17. The summed E-state index contributed by atoms with van der Waals surface area (Å²) in [6.07, 6.45) is 12.2. The molecule has 1 rings (SSSR count). The molecule has 0 unspecified atom stereocenters. The number of hydrogen-bond acceptors (Lipinski definition) is 0. The van der Waals surface area contributed by atoms with Crippen LogP contribution in [0.5, 0.6) is 0 Å². The van der Waals surface area contributed by atoms with Crippen LogP contribution in [0.25, 0.3) is 0 Å². The van der Waals surface area contributed by atoms with Gasteiger partial charge in [0.25, 0.3) is 0 Å². The molecule has 0 nitrogen and oxygen atoms in total. The highest BCUT2D eigenvalue weighted by Crippen LogP contribution is 2.45. The van der Waals surface area contributed by atoms with Crippen LogP contribution in [0.4, 0.5) is 0 Å². The molecule has 0 heterocycles. The Kier molecular flexibility index (Phi) is 6.84. The summed E-state index contributed by atoms with van der Waals surface area (Å²) in [7, 11) is -0.997. The minimum Gasteiger partial charge on any atom is -0.0678 e. The van der Waals surface area contributed by atoms with E-state index in [1.54, 1.807) is 12.8 Å². The molecule has 0 atom stereocenters. The molecule has 0 amide bonds. The van der Waals surface area contributed by atoms with Crippen LogP contribution in [0.1, 0.15) is 79.1 Å². The van der Waals surface area contributed by atoms with Crippen LogP contribution in [-0.4, -0.2) is 8.07 Å². The van der Waals surface area contributed by atoms with Crippen molar-refractivity contribution >= 4 is 8.07 Å². The van der Waals surface area contributed by atoms with Crippen molar-refractivity contribution in [2.45, 2.75) is 102 Å². The maximum atomic E-state index is 2.52. The Morgan fingerprint density at radius 1 is 0.824 bits per heavy atom. The molecule has 0 spiro atoms. The maximum absolute atomic E-state index is 2.52. The highest BCUT2D eigenvalue weighted by atomic mass is 28.3. The molecule has 1 heteroatoms. The van der Waals surface area contributed by atoms with E-state index in [0.29, 0.717) is 0 Å². The molecule has 102 valence electrons. The molecule has 0 aromatic heterocycles. The SMILES string of the molecule is CC[Si](CC)(C(C)C)C1CCCCCCCC1. The van der Waals surface area contributed by atoms with E-state index in [9.17, 15) is 0 Å². The second kappa shape index (κ2) is 7.61. The average molecular weight is 255 g/mol. The Bertz CT molecular complexity index is 184. The summed E-state index contributed by atoms with van der Waals surface area (Å²) in [6, 6.07) is 3.04. The summed E-state index contributed by atoms with van der Waals surface area (Å²) in [5.41, 5.74) is 2.12. The Morgan fingerprint density at radius 3 is 1.59 bits per heavy atom. The smallest absolute Gasteiger partial charge is 0.0587 e. The van der Waals surface area contributed by atoms with Crippen molar-refractivity contribution in [3.63, 3.8) is 0 Å². The zero-order chi connectivity index (χ0) is 12.7. The van der Waals surface area contributed by atoms with Crippen LogP contribution in [-0.2, 0) is 0 Å². The summed E-state index contributed by atoms with van der Waals surface area (Å²) in [5.74, 6) is 0. The maximum Gasteiger partial charge on any atom is 0.0587 e. The molecular weight excluding hydrogens is 220 g/mol. The van der Waals surface area contributed by atoms with E-state index >= 15 is 0 Å². The van der Waals surface area contributed by atoms with Gasteiger partial charge in [0.1, 0.15) is 0 Å². The summed E-state index contributed by atoms with van der Waals surface area (Å²) in [5, 5.41) is 0. The van der Waals surface area contributed by atoms with Gasteiger partial charge in [0.15, 0.2) is 0 Å². The molecule has 1 aliphatic rings. The van der Waals surface area contributed by atoms with Gasteiger partial charge in [0.2, 0.25) is 0 Å². The lowest BCUT2D eigenvalue weighted by molar-refractivity contribution is 0.590. The van der Waals surface area contributed by atoms with Gasteiger partial charge >= 0.3 is 0 Å². The molecule has 1 aliphatic carbocycles. The van der Waals surface area contributed by atoms with Gasteiger partial charge < -0.3 is 0 Å². The first-order chi connectivity index (χ1) is 8.17. The highest BCUT2D eigenvalue weighted by molar-refractivity contribution is 6.82. The molecule has 0 bridgehead atoms. The molecule has 0 N–H and O–H groups in total. The van der Waals surface area contributed by atoms with Gasteiger partial charge in [-0.15, -0.1) is 0 Å². The van der Waals surface area contributed by atoms with Gasteiger partial charge in [-0.1, -0.05) is 96.7 Å². The Labute approximate surface area is 111 Å². The lowest BCUT2D eigenvalue weighted by Gasteiger charge is -2.42. The lowest BCUT2D eigenvalue weighted by Crippen LogP contribution is -2.41. The van der Waals surface area contributed by atoms with Gasteiger partial charge in [-0.2, -0.15) is 0 Å². The van der Waals surface area contributed by atoms with Gasteiger partial charge in [-0.25, -0.2) is 0 Å². The average Bonchev–Trinajstić information content (AvgIpc) is 2.45. The Morgan fingerprint density at radius 2 is 1.24 bits per heavy atom. The third kappa shape index (κ3) is 3.84. The fourth-order valence-electron chi connectivity index (χ4n) is 4.32. The topological polar surface area (TPSA) is 0 Å². The van der Waals surface area contributed by atoms with Crippen molar-refractivity contribution < 1.29 is 0 Å². The van der Waals surface area contributed by atoms with E-state index in [-0.39, 0.29) is 0 Å². The summed E-state index contributed by atoms with van der Waals surface area (Å²) >= 11 is 0. The van der Waals surface area contributed by atoms with Crippen molar-refractivity contribution in [2.75, 3.05) is 0 Å². The quantitative estimate of drug-likeness (QED) is 0.510. The molecule has 0 aliphatic heterocycles. The Hall–Kier alpha value is 0.217. The van der Waals surface area contributed by atoms with E-state index in [2.05, 4.69) is 27.7 Å². The van der Waals surface area contributed by atoms with Crippen LogP contribution in [0.2, 0.25) is 23.2 Å². The van der Waals surface area contributed by atoms with Crippen molar-refractivity contribution in [1.82, 2.24) is 0 Å². The predicted octanol–water partition coefficient (Wildman–Crippen LogP) is 6.39. The monoisotopic (exact) mass is 254 g/mol. The first kappa shape index (κ1) is 15.3. The molecular formula is C16H34Si. The van der Waals surface area contributed by atoms with E-state index in [1.807, 2.05) is 0 Å². The first-order valence-corrected chi connectivity index (χ1v) is 10.7. The minimum atomic E-state index is -0.997. The van der Waals surface area contributed by atoms with Gasteiger partial charge in [-0.05, 0) is 5.54 Å². The fraction of sp³-hybridized carbons (Fsp3) is 1.00. The third-order valence-corrected chi connectivity index (χ3v) is 12.8. The molecule has 0 radical (unpaired) electrons. The largest absolute Gasteiger partial charge is 0.0678 e. The van der Waals surface area contributed by atoms with E-state index in [0.717, 1.165) is 11.1 Å². The minimum absolute atomic E-state index is 0.989. The predicted molar refractivity (Wildman–Crippen MR) is 82.5 cm³/mol. The molecule has 0 saturated heterocycles. The van der Waals surface area contributed by atoms with Crippen LogP contribution < -0.4 is 0 Å². The molecule has 1 fully saturated rings. The zero-order valence-corrected chi connectivity index (χ0v) is 13.7. The summed E-state index contributed by atoms with van der Waals surface area (Å²) in [4.78, 5) is 0. The van der Waals surface area contributed by atoms with Gasteiger partial charge in [0.05, 0.1) is 8.07 Å². The molecule has 0 aromatic rings. The van der Waals surface area contributed by atoms with Gasteiger partial charge in [-0.3, -0.25) is 0 Å². The van der Waals surface area contributed by atoms with E-state index in [1.165, 1.54) is 50.6 Å². The van der Waals surface area contributed by atoms with Crippen molar-refractivity contribution in [3.8, 4) is 0 Å². The van der Waals surface area contributed by atoms with Crippen molar-refractivity contribution in [3.05, 3.63) is 0 Å². The second-order valence-corrected chi connectivity index (χ2v) is 12.3. The lowest BCUT2D eigenvalue weighted by atomic mass is 10.1. The van der Waals surface area contributed by atoms with Crippen LogP contribution in [0.3, 0.4) is 0 Å². The van der Waals surface area contributed by atoms with Crippen LogP contribution >= 0.6 is 0 Å². The fourth-order valence-corrected chi connectivity index (χ4v) is 10.1. The van der Waals surface area contributed by atoms with Crippen molar-refractivity contribution in [1.29, 1.82) is 0 Å². The van der Waals surface area contributed by atoms with Crippen molar-refractivity contribution in [2.24, 2.45) is 0 Å². The van der Waals surface area contributed by atoms with E-state index < -0.39 is 8.07 Å². The standard InChI is InChI=1S/C16H34Si/c1-5-17(6-2,15(3)4)16-13-11-9-7-8-10-12-14-16/h15-16H,5-14H2,1-4H3. The normalized spacial score (nSPS) is 21.0. The Balaban J connectivity index is 2.74. The second-order valence-electron chi connectivity index (χ2n) is 6.49. The number of rotatable bonds is 4. The highest BCUT2D eigenvalue weighted by Gasteiger charge is 2.39. The van der Waals surface area contributed by atoms with E-state index in [4.69, 9.17) is 0 Å². The summed E-state index contributed by atoms with van der Waals surface area (Å²) in [6.45, 7) is 10.0. The van der Waals surface area contributed by atoms with Crippen LogP contribution in [0.15, 0.2) is 0 Å². The molecule has 1 saturated carbocycles. The number of hydrogen-bond donors (Lipinski definition) is 0. The van der Waals surface area contributed by atoms with Gasteiger partial charge in [0, 0.05) is 0 Å². The molecule has 0 aromatic carbocycles. The molecule has 17 heavy (non-hydrogen) atoms.